The molecule has 0 spiro atoms. The van der Waals surface area contributed by atoms with Crippen molar-refractivity contribution in [1.82, 2.24) is 14.7 Å². The van der Waals surface area contributed by atoms with Gasteiger partial charge in [0.1, 0.15) is 0 Å². The molecule has 0 amide bonds. The fourth-order valence-electron chi connectivity index (χ4n) is 2.35. The minimum atomic E-state index is -3.12. The first-order valence-corrected chi connectivity index (χ1v) is 8.27. The highest BCUT2D eigenvalue weighted by molar-refractivity contribution is 7.88. The quantitative estimate of drug-likeness (QED) is 0.880. The summed E-state index contributed by atoms with van der Waals surface area (Å²) in [5, 5.41) is 0. The first-order valence-electron chi connectivity index (χ1n) is 6.38. The van der Waals surface area contributed by atoms with Crippen LogP contribution in [0.5, 0.6) is 0 Å². The number of rotatable bonds is 3. The second-order valence-corrected chi connectivity index (χ2v) is 6.88. The molecule has 0 radical (unpaired) electrons. The van der Waals surface area contributed by atoms with E-state index >= 15 is 0 Å². The Kier molecular flexibility index (Phi) is 4.05. The van der Waals surface area contributed by atoms with Gasteiger partial charge in [0, 0.05) is 30.5 Å². The van der Waals surface area contributed by atoms with E-state index in [1.807, 2.05) is 19.9 Å². The predicted molar refractivity (Wildman–Crippen MR) is 74.7 cm³/mol. The highest BCUT2D eigenvalue weighted by atomic mass is 32.2. The van der Waals surface area contributed by atoms with Crippen LogP contribution in [0.4, 0.5) is 5.95 Å². The molecule has 19 heavy (non-hydrogen) atoms. The maximum Gasteiger partial charge on any atom is 0.225 e. The summed E-state index contributed by atoms with van der Waals surface area (Å²) in [6.45, 7) is 5.46. The van der Waals surface area contributed by atoms with Crippen molar-refractivity contribution in [2.45, 2.75) is 32.7 Å². The monoisotopic (exact) mass is 284 g/mol. The second kappa shape index (κ2) is 5.42. The Morgan fingerprint density at radius 2 is 1.74 bits per heavy atom. The number of piperidine rings is 1. The van der Waals surface area contributed by atoms with Gasteiger partial charge in [-0.15, -0.1) is 0 Å². The Morgan fingerprint density at radius 1 is 1.21 bits per heavy atom. The summed E-state index contributed by atoms with van der Waals surface area (Å²) in [7, 11) is -3.12. The number of hydrogen-bond donors (Lipinski definition) is 1. The van der Waals surface area contributed by atoms with Crippen LogP contribution in [0.1, 0.15) is 24.2 Å². The first-order chi connectivity index (χ1) is 8.83. The molecule has 0 atom stereocenters. The van der Waals surface area contributed by atoms with Gasteiger partial charge < -0.3 is 4.90 Å². The Balaban J connectivity index is 2.00. The molecular formula is C12H20N4O2S. The lowest BCUT2D eigenvalue weighted by Crippen LogP contribution is -2.44. The summed E-state index contributed by atoms with van der Waals surface area (Å²) in [5.41, 5.74) is 1.91. The van der Waals surface area contributed by atoms with Crippen molar-refractivity contribution in [2.75, 3.05) is 24.2 Å². The van der Waals surface area contributed by atoms with Crippen molar-refractivity contribution >= 4 is 16.0 Å². The Labute approximate surface area is 114 Å². The minimum Gasteiger partial charge on any atom is -0.341 e. The average molecular weight is 284 g/mol. The summed E-state index contributed by atoms with van der Waals surface area (Å²) in [6, 6.07) is 1.97. The predicted octanol–water partition coefficient (Wildman–Crippen LogP) is 0.611. The van der Waals surface area contributed by atoms with Crippen molar-refractivity contribution in [3.63, 3.8) is 0 Å². The van der Waals surface area contributed by atoms with E-state index in [0.29, 0.717) is 0 Å². The average Bonchev–Trinajstić information content (AvgIpc) is 2.26. The molecule has 1 aliphatic heterocycles. The van der Waals surface area contributed by atoms with E-state index in [-0.39, 0.29) is 6.04 Å². The fraction of sp³-hybridized carbons (Fsp3) is 0.667. The summed E-state index contributed by atoms with van der Waals surface area (Å²) >= 11 is 0. The van der Waals surface area contributed by atoms with Gasteiger partial charge in [0.05, 0.1) is 6.26 Å². The standard InChI is InChI=1S/C12H20N4O2S/c1-9-8-10(2)14-12(13-9)16-6-4-11(5-7-16)15-19(3,17)18/h8,11,15H,4-7H2,1-3H3. The Morgan fingerprint density at radius 3 is 2.21 bits per heavy atom. The van der Waals surface area contributed by atoms with Crippen LogP contribution in [-0.4, -0.2) is 43.8 Å². The van der Waals surface area contributed by atoms with E-state index in [9.17, 15) is 8.42 Å². The van der Waals surface area contributed by atoms with Gasteiger partial charge in [-0.3, -0.25) is 0 Å². The van der Waals surface area contributed by atoms with E-state index < -0.39 is 10.0 Å². The third kappa shape index (κ3) is 4.14. The van der Waals surface area contributed by atoms with Crippen LogP contribution >= 0.6 is 0 Å². The van der Waals surface area contributed by atoms with Gasteiger partial charge in [0.2, 0.25) is 16.0 Å². The van der Waals surface area contributed by atoms with Crippen molar-refractivity contribution in [3.05, 3.63) is 17.5 Å². The summed E-state index contributed by atoms with van der Waals surface area (Å²) in [4.78, 5) is 11.0. The number of anilines is 1. The van der Waals surface area contributed by atoms with Crippen LogP contribution < -0.4 is 9.62 Å². The molecule has 106 valence electrons. The van der Waals surface area contributed by atoms with Gasteiger partial charge in [-0.05, 0) is 32.8 Å². The van der Waals surface area contributed by atoms with Crippen molar-refractivity contribution in [3.8, 4) is 0 Å². The second-order valence-electron chi connectivity index (χ2n) is 5.10. The summed E-state index contributed by atoms with van der Waals surface area (Å²) < 4.78 is 25.0. The number of sulfonamides is 1. The molecule has 0 aliphatic carbocycles. The number of aromatic nitrogens is 2. The molecule has 1 aromatic heterocycles. The topological polar surface area (TPSA) is 75.2 Å². The molecule has 1 aromatic rings. The summed E-state index contributed by atoms with van der Waals surface area (Å²) in [5.74, 6) is 0.746. The van der Waals surface area contributed by atoms with Gasteiger partial charge in [-0.2, -0.15) is 0 Å². The van der Waals surface area contributed by atoms with Crippen LogP contribution in [0.15, 0.2) is 6.07 Å². The molecule has 7 heteroatoms. The summed E-state index contributed by atoms with van der Waals surface area (Å²) in [6.07, 6.45) is 2.76. The Hall–Kier alpha value is -1.21. The van der Waals surface area contributed by atoms with Crippen LogP contribution in [0.3, 0.4) is 0 Å². The first kappa shape index (κ1) is 14.2. The third-order valence-corrected chi connectivity index (χ3v) is 3.89. The van der Waals surface area contributed by atoms with E-state index in [0.717, 1.165) is 43.3 Å². The molecule has 1 aliphatic rings. The lowest BCUT2D eigenvalue weighted by atomic mass is 10.1. The maximum absolute atomic E-state index is 11.2. The molecule has 0 saturated carbocycles. The van der Waals surface area contributed by atoms with Crippen LogP contribution in [-0.2, 0) is 10.0 Å². The lowest BCUT2D eigenvalue weighted by Gasteiger charge is -2.32. The molecule has 0 bridgehead atoms. The molecule has 6 nitrogen and oxygen atoms in total. The van der Waals surface area contributed by atoms with Crippen molar-refractivity contribution in [1.29, 1.82) is 0 Å². The molecule has 0 aromatic carbocycles. The largest absolute Gasteiger partial charge is 0.341 e. The van der Waals surface area contributed by atoms with Crippen LogP contribution in [0.2, 0.25) is 0 Å². The zero-order valence-electron chi connectivity index (χ0n) is 11.5. The number of nitrogens with one attached hydrogen (secondary N) is 1. The van der Waals surface area contributed by atoms with Gasteiger partial charge in [-0.25, -0.2) is 23.1 Å². The van der Waals surface area contributed by atoms with Gasteiger partial charge in [0.25, 0.3) is 0 Å². The van der Waals surface area contributed by atoms with Crippen molar-refractivity contribution < 1.29 is 8.42 Å². The van der Waals surface area contributed by atoms with Gasteiger partial charge >= 0.3 is 0 Å². The van der Waals surface area contributed by atoms with Crippen LogP contribution in [0.25, 0.3) is 0 Å². The fourth-order valence-corrected chi connectivity index (χ4v) is 3.19. The molecule has 2 rings (SSSR count). The molecule has 1 fully saturated rings. The van der Waals surface area contributed by atoms with Gasteiger partial charge in [-0.1, -0.05) is 0 Å². The normalized spacial score (nSPS) is 17.7. The zero-order valence-corrected chi connectivity index (χ0v) is 12.4. The highest BCUT2D eigenvalue weighted by Crippen LogP contribution is 2.17. The molecule has 0 unspecified atom stereocenters. The molecule has 2 heterocycles. The third-order valence-electron chi connectivity index (χ3n) is 3.13. The zero-order chi connectivity index (χ0) is 14.0. The van der Waals surface area contributed by atoms with E-state index in [1.165, 1.54) is 6.26 Å². The maximum atomic E-state index is 11.2. The van der Waals surface area contributed by atoms with Crippen LogP contribution in [0, 0.1) is 13.8 Å². The number of hydrogen-bond acceptors (Lipinski definition) is 5. The minimum absolute atomic E-state index is 0.0251. The lowest BCUT2D eigenvalue weighted by molar-refractivity contribution is 0.457. The smallest absolute Gasteiger partial charge is 0.225 e. The van der Waals surface area contributed by atoms with E-state index in [1.54, 1.807) is 0 Å². The number of nitrogens with zero attached hydrogens (tertiary/aromatic N) is 3. The van der Waals surface area contributed by atoms with E-state index in [2.05, 4.69) is 19.6 Å². The highest BCUT2D eigenvalue weighted by Gasteiger charge is 2.23. The SMILES string of the molecule is Cc1cc(C)nc(N2CCC(NS(C)(=O)=O)CC2)n1. The molecule has 1 N–H and O–H groups in total. The van der Waals surface area contributed by atoms with Gasteiger partial charge in [0.15, 0.2) is 0 Å². The number of aryl methyl sites for hydroxylation is 2. The Bertz CT molecular complexity index is 531. The molecule has 1 saturated heterocycles. The van der Waals surface area contributed by atoms with Crippen molar-refractivity contribution in [2.24, 2.45) is 0 Å². The van der Waals surface area contributed by atoms with E-state index in [4.69, 9.17) is 0 Å². The molecular weight excluding hydrogens is 264 g/mol.